The maximum absolute atomic E-state index is 10.4. The van der Waals surface area contributed by atoms with Crippen LogP contribution in [0.3, 0.4) is 0 Å². The Hall–Kier alpha value is -2.55. The molecule has 0 saturated carbocycles. The molecule has 10 heteroatoms. The number of aromatic carboxylic acids is 1. The SMILES string of the molecule is COc1cc(C(=O)Cl)on1.COc1cc(C(=O)O)on1. The van der Waals surface area contributed by atoms with Gasteiger partial charge in [0.25, 0.3) is 17.0 Å². The molecule has 20 heavy (non-hydrogen) atoms. The Morgan fingerprint density at radius 1 is 1.10 bits per heavy atom. The number of carbonyl (C=O) groups is 2. The average molecular weight is 305 g/mol. The molecule has 2 aromatic heterocycles. The molecule has 0 aliphatic rings. The number of carboxylic acid groups (broad SMARTS) is 1. The second-order valence-electron chi connectivity index (χ2n) is 3.05. The van der Waals surface area contributed by atoms with Gasteiger partial charge in [0.05, 0.1) is 26.4 Å². The van der Waals surface area contributed by atoms with E-state index in [2.05, 4.69) is 28.8 Å². The third-order valence-electron chi connectivity index (χ3n) is 1.80. The minimum atomic E-state index is -1.16. The largest absolute Gasteiger partial charge is 0.479 e. The van der Waals surface area contributed by atoms with Crippen LogP contribution in [0, 0.1) is 0 Å². The number of hydrogen-bond donors (Lipinski definition) is 1. The second-order valence-corrected chi connectivity index (χ2v) is 3.39. The Morgan fingerprint density at radius 3 is 1.80 bits per heavy atom. The van der Waals surface area contributed by atoms with E-state index in [0.29, 0.717) is 0 Å². The Morgan fingerprint density at radius 2 is 1.55 bits per heavy atom. The summed E-state index contributed by atoms with van der Waals surface area (Å²) in [5.41, 5.74) is 0. The Balaban J connectivity index is 0.000000200. The van der Waals surface area contributed by atoms with Crippen molar-refractivity contribution in [3.05, 3.63) is 23.7 Å². The van der Waals surface area contributed by atoms with Crippen molar-refractivity contribution >= 4 is 22.8 Å². The van der Waals surface area contributed by atoms with Crippen molar-refractivity contribution in [1.82, 2.24) is 10.3 Å². The van der Waals surface area contributed by atoms with Gasteiger partial charge in [-0.15, -0.1) is 0 Å². The quantitative estimate of drug-likeness (QED) is 0.835. The van der Waals surface area contributed by atoms with Gasteiger partial charge in [-0.1, -0.05) is 0 Å². The van der Waals surface area contributed by atoms with E-state index >= 15 is 0 Å². The van der Waals surface area contributed by atoms with Gasteiger partial charge in [-0.2, -0.15) is 0 Å². The zero-order valence-corrected chi connectivity index (χ0v) is 11.1. The molecule has 2 heterocycles. The van der Waals surface area contributed by atoms with Gasteiger partial charge < -0.3 is 23.6 Å². The van der Waals surface area contributed by atoms with E-state index in [1.165, 1.54) is 26.4 Å². The van der Waals surface area contributed by atoms with E-state index in [0.717, 1.165) is 0 Å². The number of halogens is 1. The monoisotopic (exact) mass is 304 g/mol. The van der Waals surface area contributed by atoms with Gasteiger partial charge >= 0.3 is 5.97 Å². The zero-order valence-electron chi connectivity index (χ0n) is 10.3. The van der Waals surface area contributed by atoms with Crippen molar-refractivity contribution in [2.75, 3.05) is 14.2 Å². The molecule has 9 nitrogen and oxygen atoms in total. The lowest BCUT2D eigenvalue weighted by atomic mass is 10.5. The molecule has 0 saturated heterocycles. The summed E-state index contributed by atoms with van der Waals surface area (Å²) in [5.74, 6) is -0.993. The molecule has 0 unspecified atom stereocenters. The van der Waals surface area contributed by atoms with E-state index in [9.17, 15) is 9.59 Å². The third-order valence-corrected chi connectivity index (χ3v) is 1.99. The van der Waals surface area contributed by atoms with Gasteiger partial charge in [-0.3, -0.25) is 4.79 Å². The highest BCUT2D eigenvalue weighted by molar-refractivity contribution is 6.67. The first-order valence-corrected chi connectivity index (χ1v) is 5.30. The molecule has 0 spiro atoms. The van der Waals surface area contributed by atoms with Crippen LogP contribution in [-0.2, 0) is 0 Å². The topological polar surface area (TPSA) is 125 Å². The number of carboxylic acids is 1. The van der Waals surface area contributed by atoms with Gasteiger partial charge in [0.2, 0.25) is 11.5 Å². The molecule has 0 atom stereocenters. The fourth-order valence-corrected chi connectivity index (χ4v) is 0.993. The van der Waals surface area contributed by atoms with Gasteiger partial charge in [0, 0.05) is 0 Å². The van der Waals surface area contributed by atoms with Crippen LogP contribution in [0.1, 0.15) is 21.1 Å². The molecule has 0 amide bonds. The minimum absolute atomic E-state index is 0.0153. The molecule has 0 aliphatic carbocycles. The highest BCUT2D eigenvalue weighted by Crippen LogP contribution is 2.11. The molecule has 0 fully saturated rings. The number of ether oxygens (including phenoxy) is 2. The van der Waals surface area contributed by atoms with E-state index in [-0.39, 0.29) is 23.3 Å². The summed E-state index contributed by atoms with van der Waals surface area (Å²) in [5, 5.41) is 14.3. The first-order valence-electron chi connectivity index (χ1n) is 4.92. The van der Waals surface area contributed by atoms with Gasteiger partial charge in [0.15, 0.2) is 0 Å². The first-order chi connectivity index (χ1) is 9.47. The molecule has 0 aromatic carbocycles. The molecule has 0 bridgehead atoms. The Kier molecular flexibility index (Phi) is 5.54. The summed E-state index contributed by atoms with van der Waals surface area (Å²) in [4.78, 5) is 20.5. The highest BCUT2D eigenvalue weighted by Gasteiger charge is 2.10. The average Bonchev–Trinajstić information content (AvgIpc) is 3.08. The van der Waals surface area contributed by atoms with Crippen LogP contribution in [0.25, 0.3) is 0 Å². The standard InChI is InChI=1S/C5H4ClNO3.C5H5NO4/c1-9-4-2-3(5(6)8)10-7-4;1-9-4-2-3(5(7)8)10-6-4/h2H,1H3;2H,1H3,(H,7,8). The molecular weight excluding hydrogens is 296 g/mol. The number of hydrogen-bond acceptors (Lipinski definition) is 8. The lowest BCUT2D eigenvalue weighted by molar-refractivity contribution is 0.0651. The summed E-state index contributed by atoms with van der Waals surface area (Å²) in [6, 6.07) is 2.51. The van der Waals surface area contributed by atoms with E-state index in [1.54, 1.807) is 0 Å². The fraction of sp³-hybridized carbons (Fsp3) is 0.200. The number of aromatic nitrogens is 2. The van der Waals surface area contributed by atoms with Crippen LogP contribution < -0.4 is 9.47 Å². The van der Waals surface area contributed by atoms with Crippen LogP contribution in [0.4, 0.5) is 0 Å². The van der Waals surface area contributed by atoms with Crippen LogP contribution in [0.5, 0.6) is 11.8 Å². The van der Waals surface area contributed by atoms with Gasteiger partial charge in [0.1, 0.15) is 0 Å². The van der Waals surface area contributed by atoms with Crippen molar-refractivity contribution in [1.29, 1.82) is 0 Å². The maximum atomic E-state index is 10.4. The molecular formula is C10H9ClN2O7. The summed E-state index contributed by atoms with van der Waals surface area (Å²) in [6.07, 6.45) is 0. The Bertz CT molecular complexity index is 540. The van der Waals surface area contributed by atoms with Crippen molar-refractivity contribution in [2.24, 2.45) is 0 Å². The summed E-state index contributed by atoms with van der Waals surface area (Å²) in [7, 11) is 2.80. The van der Waals surface area contributed by atoms with Crippen LogP contribution in [0.2, 0.25) is 0 Å². The van der Waals surface area contributed by atoms with Crippen LogP contribution in [0.15, 0.2) is 21.2 Å². The smallest absolute Gasteiger partial charge is 0.374 e. The van der Waals surface area contributed by atoms with Gasteiger partial charge in [-0.25, -0.2) is 4.79 Å². The first kappa shape index (κ1) is 15.5. The van der Waals surface area contributed by atoms with Crippen LogP contribution >= 0.6 is 11.6 Å². The third kappa shape index (κ3) is 4.28. The molecule has 2 aromatic rings. The molecule has 2 rings (SSSR count). The molecule has 0 aliphatic heterocycles. The minimum Gasteiger partial charge on any atom is -0.479 e. The van der Waals surface area contributed by atoms with Crippen LogP contribution in [-0.4, -0.2) is 40.9 Å². The fourth-order valence-electron chi connectivity index (χ4n) is 0.904. The van der Waals surface area contributed by atoms with Crippen molar-refractivity contribution in [3.8, 4) is 11.8 Å². The second kappa shape index (κ2) is 7.14. The van der Waals surface area contributed by atoms with E-state index in [1.807, 2.05) is 0 Å². The molecule has 1 N–H and O–H groups in total. The zero-order chi connectivity index (χ0) is 15.1. The van der Waals surface area contributed by atoms with Gasteiger partial charge in [-0.05, 0) is 21.9 Å². The lowest BCUT2D eigenvalue weighted by Crippen LogP contribution is -1.91. The van der Waals surface area contributed by atoms with E-state index < -0.39 is 11.2 Å². The summed E-state index contributed by atoms with van der Waals surface area (Å²) in [6.45, 7) is 0. The Labute approximate surface area is 117 Å². The number of nitrogens with zero attached hydrogens (tertiary/aromatic N) is 2. The van der Waals surface area contributed by atoms with Crippen molar-refractivity contribution in [3.63, 3.8) is 0 Å². The number of carbonyl (C=O) groups excluding carboxylic acids is 1. The predicted octanol–water partition coefficient (Wildman–Crippen LogP) is 1.44. The highest BCUT2D eigenvalue weighted by atomic mass is 35.5. The number of rotatable bonds is 4. The van der Waals surface area contributed by atoms with Crippen molar-refractivity contribution in [2.45, 2.75) is 0 Å². The maximum Gasteiger partial charge on any atom is 0.374 e. The summed E-state index contributed by atoms with van der Waals surface area (Å²) >= 11 is 5.05. The summed E-state index contributed by atoms with van der Waals surface area (Å²) < 4.78 is 18.0. The molecule has 0 radical (unpaired) electrons. The normalized spacial score (nSPS) is 9.35. The van der Waals surface area contributed by atoms with E-state index in [4.69, 9.17) is 16.7 Å². The molecule has 108 valence electrons. The predicted molar refractivity (Wildman–Crippen MR) is 63.3 cm³/mol. The van der Waals surface area contributed by atoms with Crippen molar-refractivity contribution < 1.29 is 33.2 Å². The number of methoxy groups -OCH3 is 2. The lowest BCUT2D eigenvalue weighted by Gasteiger charge is -1.83.